The van der Waals surface area contributed by atoms with E-state index in [1.807, 2.05) is 18.2 Å². The molecule has 3 aromatic rings. The Morgan fingerprint density at radius 3 is 2.83 bits per heavy atom. The first-order valence-corrected chi connectivity index (χ1v) is 6.16. The van der Waals surface area contributed by atoms with Crippen LogP contribution < -0.4 is 5.73 Å². The van der Waals surface area contributed by atoms with Gasteiger partial charge >= 0.3 is 0 Å². The molecule has 2 N–H and O–H groups in total. The molecule has 0 unspecified atom stereocenters. The summed E-state index contributed by atoms with van der Waals surface area (Å²) in [6, 6.07) is 5.70. The van der Waals surface area contributed by atoms with Crippen molar-refractivity contribution in [2.75, 3.05) is 5.73 Å². The molecule has 3 rings (SSSR count). The van der Waals surface area contributed by atoms with Crippen LogP contribution in [0.3, 0.4) is 0 Å². The second-order valence-corrected chi connectivity index (χ2v) is 4.76. The molecule has 1 aromatic carbocycles. The second kappa shape index (κ2) is 4.30. The Kier molecular flexibility index (Phi) is 2.64. The monoisotopic (exact) mass is 258 g/mol. The number of aromatic nitrogens is 3. The van der Waals surface area contributed by atoms with Crippen molar-refractivity contribution in [3.63, 3.8) is 0 Å². The number of nitrogen functional groups attached to an aromatic ring is 1. The lowest BCUT2D eigenvalue weighted by atomic mass is 10.1. The minimum atomic E-state index is 0.516. The van der Waals surface area contributed by atoms with Crippen molar-refractivity contribution >= 4 is 28.2 Å². The molecule has 0 amide bonds. The number of nitrogens with two attached hydrogens (primary N) is 1. The molecule has 0 aliphatic carbocycles. The number of aryl methyl sites for hydroxylation is 1. The number of anilines is 1. The van der Waals surface area contributed by atoms with E-state index >= 15 is 0 Å². The Balaban J connectivity index is 2.09. The Bertz CT molecular complexity index is 710. The number of pyridine rings is 1. The maximum absolute atomic E-state index is 5.93. The predicted molar refractivity (Wildman–Crippen MR) is 69.3 cm³/mol. The summed E-state index contributed by atoms with van der Waals surface area (Å²) in [6.45, 7) is 1.76. The van der Waals surface area contributed by atoms with Crippen molar-refractivity contribution in [1.29, 1.82) is 0 Å². The topological polar surface area (TPSA) is 77.8 Å². The quantitative estimate of drug-likeness (QED) is 0.712. The van der Waals surface area contributed by atoms with Gasteiger partial charge in [-0.2, -0.15) is 0 Å². The molecule has 0 spiro atoms. The number of fused-ring (bicyclic) bond motifs is 1. The van der Waals surface area contributed by atoms with Gasteiger partial charge in [0.15, 0.2) is 0 Å². The highest BCUT2D eigenvalue weighted by atomic mass is 32.2. The Labute approximate surface area is 107 Å². The minimum Gasteiger partial charge on any atom is -0.416 e. The van der Waals surface area contributed by atoms with E-state index in [-0.39, 0.29) is 0 Å². The first-order valence-electron chi connectivity index (χ1n) is 5.34. The fraction of sp³-hybridized carbons (Fsp3) is 0.0833. The van der Waals surface area contributed by atoms with E-state index in [1.165, 1.54) is 11.8 Å². The van der Waals surface area contributed by atoms with Gasteiger partial charge in [-0.05, 0) is 30.0 Å². The van der Waals surface area contributed by atoms with Crippen molar-refractivity contribution < 1.29 is 4.42 Å². The van der Waals surface area contributed by atoms with Crippen LogP contribution >= 0.6 is 11.8 Å². The van der Waals surface area contributed by atoms with Crippen molar-refractivity contribution in [2.24, 2.45) is 0 Å². The lowest BCUT2D eigenvalue weighted by Crippen LogP contribution is -1.89. The van der Waals surface area contributed by atoms with Gasteiger partial charge in [-0.25, -0.2) is 0 Å². The van der Waals surface area contributed by atoms with Crippen LogP contribution in [0.25, 0.3) is 10.8 Å². The van der Waals surface area contributed by atoms with Gasteiger partial charge < -0.3 is 10.2 Å². The first kappa shape index (κ1) is 11.0. The normalized spacial score (nSPS) is 10.9. The van der Waals surface area contributed by atoms with Crippen LogP contribution in [0.1, 0.15) is 5.89 Å². The average Bonchev–Trinajstić information content (AvgIpc) is 2.79. The van der Waals surface area contributed by atoms with Crippen LogP contribution in [0.2, 0.25) is 0 Å². The van der Waals surface area contributed by atoms with Gasteiger partial charge in [0.25, 0.3) is 5.22 Å². The molecule has 0 radical (unpaired) electrons. The maximum atomic E-state index is 5.93. The summed E-state index contributed by atoms with van der Waals surface area (Å²) < 4.78 is 5.36. The molecule has 0 aliphatic rings. The highest BCUT2D eigenvalue weighted by Gasteiger charge is 2.09. The van der Waals surface area contributed by atoms with Gasteiger partial charge in [-0.15, -0.1) is 10.2 Å². The molecule has 0 atom stereocenters. The zero-order valence-corrected chi connectivity index (χ0v) is 10.4. The molecule has 6 heteroatoms. The zero-order chi connectivity index (χ0) is 12.5. The maximum Gasteiger partial charge on any atom is 0.281 e. The zero-order valence-electron chi connectivity index (χ0n) is 9.62. The fourth-order valence-electron chi connectivity index (χ4n) is 1.69. The molecule has 0 fully saturated rings. The summed E-state index contributed by atoms with van der Waals surface area (Å²) in [5.41, 5.74) is 6.67. The van der Waals surface area contributed by atoms with Crippen molar-refractivity contribution in [3.8, 4) is 0 Å². The molecular formula is C12H10N4OS. The highest BCUT2D eigenvalue weighted by molar-refractivity contribution is 7.99. The van der Waals surface area contributed by atoms with Crippen LogP contribution in [0.15, 0.2) is 45.1 Å². The van der Waals surface area contributed by atoms with Gasteiger partial charge in [0.2, 0.25) is 5.89 Å². The summed E-state index contributed by atoms with van der Waals surface area (Å²) in [6.07, 6.45) is 3.52. The fourth-order valence-corrected chi connectivity index (χ4v) is 2.53. The van der Waals surface area contributed by atoms with Gasteiger partial charge in [0.05, 0.1) is 0 Å². The lowest BCUT2D eigenvalue weighted by molar-refractivity contribution is 0.429. The molecule has 90 valence electrons. The van der Waals surface area contributed by atoms with E-state index in [1.54, 1.807) is 19.3 Å². The largest absolute Gasteiger partial charge is 0.416 e. The molecule has 5 nitrogen and oxygen atoms in total. The van der Waals surface area contributed by atoms with E-state index in [0.29, 0.717) is 11.1 Å². The van der Waals surface area contributed by atoms with Crippen LogP contribution in [-0.4, -0.2) is 15.2 Å². The summed E-state index contributed by atoms with van der Waals surface area (Å²) in [5, 5.41) is 10.2. The third kappa shape index (κ3) is 1.91. The number of benzene rings is 1. The summed E-state index contributed by atoms with van der Waals surface area (Å²) >= 11 is 1.41. The molecule has 2 heterocycles. The summed E-state index contributed by atoms with van der Waals surface area (Å²) in [5.74, 6) is 0.551. The highest BCUT2D eigenvalue weighted by Crippen LogP contribution is 2.34. The SMILES string of the molecule is Cc1nnc(Sc2ccc(N)c3ccncc23)o1. The predicted octanol–water partition coefficient (Wildman–Crippen LogP) is 2.66. The van der Waals surface area contributed by atoms with E-state index in [9.17, 15) is 0 Å². The Morgan fingerprint density at radius 1 is 1.17 bits per heavy atom. The molecule has 0 aliphatic heterocycles. The molecular weight excluding hydrogens is 248 g/mol. The smallest absolute Gasteiger partial charge is 0.281 e. The van der Waals surface area contributed by atoms with Crippen LogP contribution in [0.5, 0.6) is 0 Å². The van der Waals surface area contributed by atoms with Crippen LogP contribution in [0, 0.1) is 6.92 Å². The second-order valence-electron chi connectivity index (χ2n) is 3.76. The first-order chi connectivity index (χ1) is 8.74. The van der Waals surface area contributed by atoms with Gasteiger partial charge in [0, 0.05) is 40.7 Å². The van der Waals surface area contributed by atoms with Gasteiger partial charge in [0.1, 0.15) is 0 Å². The van der Waals surface area contributed by atoms with Crippen molar-refractivity contribution in [2.45, 2.75) is 17.0 Å². The third-order valence-corrected chi connectivity index (χ3v) is 3.43. The van der Waals surface area contributed by atoms with Gasteiger partial charge in [-0.1, -0.05) is 0 Å². The van der Waals surface area contributed by atoms with Crippen molar-refractivity contribution in [1.82, 2.24) is 15.2 Å². The standard InChI is InChI=1S/C12H10N4OS/c1-7-15-16-12(17-7)18-11-3-2-10(13)8-4-5-14-6-9(8)11/h2-6H,13H2,1H3. The molecule has 18 heavy (non-hydrogen) atoms. The number of rotatable bonds is 2. The summed E-state index contributed by atoms with van der Waals surface area (Å²) in [7, 11) is 0. The van der Waals surface area contributed by atoms with E-state index < -0.39 is 0 Å². The Morgan fingerprint density at radius 2 is 2.06 bits per heavy atom. The number of hydrogen-bond donors (Lipinski definition) is 1. The summed E-state index contributed by atoms with van der Waals surface area (Å²) in [4.78, 5) is 5.12. The van der Waals surface area contributed by atoms with E-state index in [0.717, 1.165) is 21.4 Å². The lowest BCUT2D eigenvalue weighted by Gasteiger charge is -2.05. The van der Waals surface area contributed by atoms with Gasteiger partial charge in [-0.3, -0.25) is 4.98 Å². The van der Waals surface area contributed by atoms with Crippen molar-refractivity contribution in [3.05, 3.63) is 36.5 Å². The van der Waals surface area contributed by atoms with E-state index in [2.05, 4.69) is 15.2 Å². The molecule has 2 aromatic heterocycles. The molecule has 0 bridgehead atoms. The Hall–Kier alpha value is -2.08. The van der Waals surface area contributed by atoms with Crippen LogP contribution in [-0.2, 0) is 0 Å². The van der Waals surface area contributed by atoms with E-state index in [4.69, 9.17) is 10.2 Å². The number of nitrogens with zero attached hydrogens (tertiary/aromatic N) is 3. The molecule has 0 saturated heterocycles. The minimum absolute atomic E-state index is 0.516. The number of hydrogen-bond acceptors (Lipinski definition) is 6. The molecule has 0 saturated carbocycles. The van der Waals surface area contributed by atoms with Crippen LogP contribution in [0.4, 0.5) is 5.69 Å². The third-order valence-electron chi connectivity index (χ3n) is 2.52. The average molecular weight is 258 g/mol.